The molecule has 104 valence electrons. The maximum absolute atomic E-state index is 11.5. The second-order valence-electron chi connectivity index (χ2n) is 3.60. The zero-order chi connectivity index (χ0) is 14.0. The van der Waals surface area contributed by atoms with Crippen LogP contribution in [-0.4, -0.2) is 17.6 Å². The number of aryl methyl sites for hydroxylation is 1. The number of nitrogens with one attached hydrogen (secondary N) is 1. The standard InChI is InChI=1S/C11H15NO2.2C2H6/c1-2-14-11(13)10-9-6-4-3-5-8(9)7-12-10;2*1-2/h7,12H,2-6H2,1H3;2*1-2H3. The van der Waals surface area contributed by atoms with Gasteiger partial charge < -0.3 is 9.72 Å². The summed E-state index contributed by atoms with van der Waals surface area (Å²) >= 11 is 0. The third-order valence-electron chi connectivity index (χ3n) is 2.68. The van der Waals surface area contributed by atoms with Crippen molar-refractivity contribution in [3.05, 3.63) is 23.0 Å². The Balaban J connectivity index is 0.000000659. The van der Waals surface area contributed by atoms with Gasteiger partial charge in [0.25, 0.3) is 0 Å². The van der Waals surface area contributed by atoms with E-state index in [-0.39, 0.29) is 5.97 Å². The van der Waals surface area contributed by atoms with Crippen LogP contribution in [0.2, 0.25) is 0 Å². The van der Waals surface area contributed by atoms with E-state index in [9.17, 15) is 4.79 Å². The number of aromatic amines is 1. The predicted octanol–water partition coefficient (Wildman–Crippen LogP) is 4.12. The number of fused-ring (bicyclic) bond motifs is 1. The van der Waals surface area contributed by atoms with Gasteiger partial charge in [-0.05, 0) is 43.7 Å². The van der Waals surface area contributed by atoms with Crippen LogP contribution in [0.1, 0.15) is 69.1 Å². The molecule has 1 aromatic heterocycles. The van der Waals surface area contributed by atoms with Crippen molar-refractivity contribution in [1.29, 1.82) is 0 Å². The number of carbonyl (C=O) groups excluding carboxylic acids is 1. The Hall–Kier alpha value is -1.25. The molecular weight excluding hydrogens is 226 g/mol. The SMILES string of the molecule is CC.CC.CCOC(=O)c1[nH]cc2c1CCCC2. The third kappa shape index (κ3) is 4.21. The molecule has 0 unspecified atom stereocenters. The Labute approximate surface area is 111 Å². The van der Waals surface area contributed by atoms with Crippen molar-refractivity contribution < 1.29 is 9.53 Å². The van der Waals surface area contributed by atoms with E-state index in [1.54, 1.807) is 0 Å². The van der Waals surface area contributed by atoms with Gasteiger partial charge in [0, 0.05) is 6.20 Å². The largest absolute Gasteiger partial charge is 0.461 e. The van der Waals surface area contributed by atoms with Gasteiger partial charge in [0.05, 0.1) is 6.61 Å². The maximum atomic E-state index is 11.5. The van der Waals surface area contributed by atoms with Crippen LogP contribution in [0.25, 0.3) is 0 Å². The molecule has 0 aliphatic heterocycles. The lowest BCUT2D eigenvalue weighted by molar-refractivity contribution is 0.0519. The smallest absolute Gasteiger partial charge is 0.355 e. The topological polar surface area (TPSA) is 42.1 Å². The summed E-state index contributed by atoms with van der Waals surface area (Å²) in [5, 5.41) is 0. The lowest BCUT2D eigenvalue weighted by Crippen LogP contribution is -2.10. The van der Waals surface area contributed by atoms with Crippen molar-refractivity contribution in [2.75, 3.05) is 6.61 Å². The Morgan fingerprint density at radius 2 is 1.83 bits per heavy atom. The molecule has 1 aliphatic rings. The summed E-state index contributed by atoms with van der Waals surface area (Å²) < 4.78 is 4.98. The van der Waals surface area contributed by atoms with Gasteiger partial charge >= 0.3 is 5.97 Å². The van der Waals surface area contributed by atoms with Gasteiger partial charge in [-0.1, -0.05) is 27.7 Å². The Bertz CT molecular complexity index is 342. The average Bonchev–Trinajstić information content (AvgIpc) is 2.87. The minimum atomic E-state index is -0.212. The van der Waals surface area contributed by atoms with E-state index >= 15 is 0 Å². The van der Waals surface area contributed by atoms with Crippen molar-refractivity contribution in [2.24, 2.45) is 0 Å². The van der Waals surface area contributed by atoms with Crippen LogP contribution in [0.3, 0.4) is 0 Å². The van der Waals surface area contributed by atoms with E-state index in [4.69, 9.17) is 4.74 Å². The molecule has 0 aromatic carbocycles. The maximum Gasteiger partial charge on any atom is 0.355 e. The summed E-state index contributed by atoms with van der Waals surface area (Å²) in [6.07, 6.45) is 6.45. The molecule has 0 saturated carbocycles. The number of esters is 1. The number of hydrogen-bond acceptors (Lipinski definition) is 2. The van der Waals surface area contributed by atoms with E-state index < -0.39 is 0 Å². The zero-order valence-electron chi connectivity index (χ0n) is 12.4. The molecule has 0 amide bonds. The van der Waals surface area contributed by atoms with Crippen LogP contribution < -0.4 is 0 Å². The van der Waals surface area contributed by atoms with E-state index in [1.165, 1.54) is 24.0 Å². The van der Waals surface area contributed by atoms with Crippen molar-refractivity contribution >= 4 is 5.97 Å². The summed E-state index contributed by atoms with van der Waals surface area (Å²) in [7, 11) is 0. The molecule has 0 atom stereocenters. The molecule has 0 radical (unpaired) electrons. The van der Waals surface area contributed by atoms with E-state index in [0.717, 1.165) is 12.8 Å². The van der Waals surface area contributed by atoms with Crippen LogP contribution >= 0.6 is 0 Å². The highest BCUT2D eigenvalue weighted by Gasteiger charge is 2.20. The summed E-state index contributed by atoms with van der Waals surface area (Å²) in [6, 6.07) is 0. The molecule has 1 heterocycles. The summed E-state index contributed by atoms with van der Waals surface area (Å²) in [4.78, 5) is 14.6. The number of ether oxygens (including phenoxy) is 1. The lowest BCUT2D eigenvalue weighted by Gasteiger charge is -2.11. The highest BCUT2D eigenvalue weighted by Crippen LogP contribution is 2.24. The van der Waals surface area contributed by atoms with Gasteiger partial charge in [-0.25, -0.2) is 4.79 Å². The van der Waals surface area contributed by atoms with Crippen molar-refractivity contribution in [2.45, 2.75) is 60.3 Å². The number of aromatic nitrogens is 1. The summed E-state index contributed by atoms with van der Waals surface area (Å²) in [5.74, 6) is -0.212. The number of hydrogen-bond donors (Lipinski definition) is 1. The molecule has 18 heavy (non-hydrogen) atoms. The lowest BCUT2D eigenvalue weighted by atomic mass is 9.94. The zero-order valence-corrected chi connectivity index (χ0v) is 12.4. The molecule has 1 aliphatic carbocycles. The van der Waals surface area contributed by atoms with Gasteiger partial charge in [0.15, 0.2) is 0 Å². The van der Waals surface area contributed by atoms with E-state index in [0.29, 0.717) is 12.3 Å². The van der Waals surface area contributed by atoms with Crippen molar-refractivity contribution in [3.8, 4) is 0 Å². The molecule has 0 fully saturated rings. The third-order valence-corrected chi connectivity index (χ3v) is 2.68. The van der Waals surface area contributed by atoms with Gasteiger partial charge in [0.2, 0.25) is 0 Å². The van der Waals surface area contributed by atoms with E-state index in [1.807, 2.05) is 40.8 Å². The van der Waals surface area contributed by atoms with Crippen molar-refractivity contribution in [3.63, 3.8) is 0 Å². The number of rotatable bonds is 2. The molecule has 1 N–H and O–H groups in total. The second-order valence-corrected chi connectivity index (χ2v) is 3.60. The van der Waals surface area contributed by atoms with Gasteiger partial charge in [-0.2, -0.15) is 0 Å². The fourth-order valence-corrected chi connectivity index (χ4v) is 2.01. The fraction of sp³-hybridized carbons (Fsp3) is 0.667. The minimum Gasteiger partial charge on any atom is -0.461 e. The normalized spacial score (nSPS) is 12.3. The highest BCUT2D eigenvalue weighted by atomic mass is 16.5. The van der Waals surface area contributed by atoms with Gasteiger partial charge in [0.1, 0.15) is 5.69 Å². The molecular formula is C15H27NO2. The molecule has 0 spiro atoms. The van der Waals surface area contributed by atoms with E-state index in [2.05, 4.69) is 4.98 Å². The van der Waals surface area contributed by atoms with Crippen LogP contribution in [0.5, 0.6) is 0 Å². The first-order valence-electron chi connectivity index (χ1n) is 7.19. The number of H-pyrrole nitrogens is 1. The highest BCUT2D eigenvalue weighted by molar-refractivity contribution is 5.89. The monoisotopic (exact) mass is 253 g/mol. The molecule has 3 nitrogen and oxygen atoms in total. The first kappa shape index (κ1) is 16.8. The van der Waals surface area contributed by atoms with Crippen molar-refractivity contribution in [1.82, 2.24) is 4.98 Å². The second kappa shape index (κ2) is 9.75. The minimum absolute atomic E-state index is 0.212. The first-order chi connectivity index (χ1) is 8.83. The van der Waals surface area contributed by atoms with Crippen LogP contribution in [-0.2, 0) is 17.6 Å². The molecule has 3 heteroatoms. The Morgan fingerprint density at radius 3 is 2.44 bits per heavy atom. The molecule has 0 bridgehead atoms. The Kier molecular flexibility index (Phi) is 9.07. The van der Waals surface area contributed by atoms with Crippen LogP contribution in [0.4, 0.5) is 0 Å². The van der Waals surface area contributed by atoms with Gasteiger partial charge in [-0.3, -0.25) is 0 Å². The summed E-state index contributed by atoms with van der Waals surface area (Å²) in [5.41, 5.74) is 3.13. The number of carbonyl (C=O) groups is 1. The first-order valence-corrected chi connectivity index (χ1v) is 7.19. The van der Waals surface area contributed by atoms with Crippen LogP contribution in [0, 0.1) is 0 Å². The average molecular weight is 253 g/mol. The molecule has 2 rings (SSSR count). The Morgan fingerprint density at radius 1 is 1.22 bits per heavy atom. The summed E-state index contributed by atoms with van der Waals surface area (Å²) in [6.45, 7) is 10.3. The molecule has 1 aromatic rings. The fourth-order valence-electron chi connectivity index (χ4n) is 2.01. The quantitative estimate of drug-likeness (QED) is 0.805. The van der Waals surface area contributed by atoms with Gasteiger partial charge in [-0.15, -0.1) is 0 Å². The predicted molar refractivity (Wildman–Crippen MR) is 76.1 cm³/mol. The molecule has 0 saturated heterocycles. The van der Waals surface area contributed by atoms with Crippen LogP contribution in [0.15, 0.2) is 6.20 Å².